The Morgan fingerprint density at radius 2 is 1.74 bits per heavy atom. The van der Waals surface area contributed by atoms with Crippen molar-refractivity contribution in [3.63, 3.8) is 0 Å². The van der Waals surface area contributed by atoms with Gasteiger partial charge in [-0.25, -0.2) is 18.0 Å². The maximum Gasteiger partial charge on any atom is 0.314 e. The normalized spacial score (nSPS) is 21.9. The highest BCUT2D eigenvalue weighted by Crippen LogP contribution is 2.48. The molecule has 2 fully saturated rings. The number of carbonyl (C=O) groups is 2. The van der Waals surface area contributed by atoms with Gasteiger partial charge in [-0.15, -0.1) is 0 Å². The van der Waals surface area contributed by atoms with Crippen molar-refractivity contribution in [1.82, 2.24) is 20.9 Å². The smallest absolute Gasteiger partial charge is 0.314 e. The predicted octanol–water partition coefficient (Wildman–Crippen LogP) is 4.18. The fourth-order valence-electron chi connectivity index (χ4n) is 5.00. The molecule has 2 aromatic carbocycles. The van der Waals surface area contributed by atoms with Gasteiger partial charge in [-0.1, -0.05) is 0 Å². The lowest BCUT2D eigenvalue weighted by atomic mass is 9.70. The van der Waals surface area contributed by atoms with Crippen LogP contribution < -0.4 is 16.0 Å². The number of nitrogens with one attached hydrogen (secondary N) is 4. The van der Waals surface area contributed by atoms with E-state index in [9.17, 15) is 22.8 Å². The summed E-state index contributed by atoms with van der Waals surface area (Å²) in [6.45, 7) is 1.41. The van der Waals surface area contributed by atoms with E-state index in [1.165, 1.54) is 18.2 Å². The Morgan fingerprint density at radius 3 is 2.44 bits per heavy atom. The molecule has 6 nitrogen and oxygen atoms in total. The second-order valence-electron chi connectivity index (χ2n) is 9.13. The van der Waals surface area contributed by atoms with Gasteiger partial charge >= 0.3 is 6.03 Å². The van der Waals surface area contributed by atoms with Crippen molar-refractivity contribution < 1.29 is 22.8 Å². The molecule has 2 heterocycles. The number of hydrogen-bond donors (Lipinski definition) is 4. The van der Waals surface area contributed by atoms with E-state index in [2.05, 4.69) is 20.9 Å². The molecule has 4 N–H and O–H groups in total. The first-order valence-corrected chi connectivity index (χ1v) is 11.4. The van der Waals surface area contributed by atoms with Gasteiger partial charge in [0.1, 0.15) is 17.5 Å². The summed E-state index contributed by atoms with van der Waals surface area (Å²) in [7, 11) is 0. The number of fused-ring (bicyclic) bond motifs is 1. The molecule has 3 aromatic rings. The largest absolute Gasteiger partial charge is 0.356 e. The van der Waals surface area contributed by atoms with E-state index in [4.69, 9.17) is 0 Å². The van der Waals surface area contributed by atoms with Crippen LogP contribution in [0.5, 0.6) is 0 Å². The Bertz CT molecular complexity index is 1240. The summed E-state index contributed by atoms with van der Waals surface area (Å²) in [5.41, 5.74) is 2.40. The molecule has 34 heavy (non-hydrogen) atoms. The maximum absolute atomic E-state index is 14.5. The minimum Gasteiger partial charge on any atom is -0.356 e. The summed E-state index contributed by atoms with van der Waals surface area (Å²) < 4.78 is 42.0. The van der Waals surface area contributed by atoms with Crippen LogP contribution in [0.4, 0.5) is 18.0 Å². The highest BCUT2D eigenvalue weighted by Gasteiger charge is 2.35. The minimum absolute atomic E-state index is 0.0364. The molecule has 1 atom stereocenters. The minimum atomic E-state index is -0.672. The summed E-state index contributed by atoms with van der Waals surface area (Å²) in [5.74, 6) is -1.66. The van der Waals surface area contributed by atoms with E-state index >= 15 is 0 Å². The molecular weight excluding hydrogens is 445 g/mol. The topological polar surface area (TPSA) is 86.0 Å². The first kappa shape index (κ1) is 22.3. The molecule has 1 aliphatic carbocycles. The molecule has 1 aliphatic heterocycles. The number of urea groups is 1. The second-order valence-corrected chi connectivity index (χ2v) is 9.13. The van der Waals surface area contributed by atoms with Crippen LogP contribution in [0.3, 0.4) is 0 Å². The average Bonchev–Trinajstić information content (AvgIpc) is 3.35. The summed E-state index contributed by atoms with van der Waals surface area (Å²) in [5, 5.41) is 8.81. The molecule has 9 heteroatoms. The lowest BCUT2D eigenvalue weighted by Gasteiger charge is -2.36. The van der Waals surface area contributed by atoms with Crippen LogP contribution in [-0.4, -0.2) is 36.6 Å². The molecule has 0 bridgehead atoms. The van der Waals surface area contributed by atoms with E-state index in [-0.39, 0.29) is 41.0 Å². The first-order valence-electron chi connectivity index (χ1n) is 11.4. The van der Waals surface area contributed by atoms with Crippen LogP contribution in [0, 0.1) is 29.3 Å². The van der Waals surface area contributed by atoms with Gasteiger partial charge in [0.15, 0.2) is 0 Å². The SMILES string of the molecule is O=C(NCC1CCNC1=O)NC[C@H]1C[C@H](c2c(-c3ccc(F)cc3)[nH]c3c(F)cc(F)cc32)C1. The molecule has 0 radical (unpaired) electrons. The summed E-state index contributed by atoms with van der Waals surface area (Å²) in [6, 6.07) is 7.76. The third-order valence-corrected chi connectivity index (χ3v) is 6.86. The molecule has 0 spiro atoms. The van der Waals surface area contributed by atoms with Crippen molar-refractivity contribution in [1.29, 1.82) is 0 Å². The maximum atomic E-state index is 14.5. The Hall–Kier alpha value is -3.49. The zero-order chi connectivity index (χ0) is 23.8. The van der Waals surface area contributed by atoms with Gasteiger partial charge in [-0.2, -0.15) is 0 Å². The molecule has 1 unspecified atom stereocenters. The number of rotatable bonds is 6. The number of H-pyrrole nitrogens is 1. The lowest BCUT2D eigenvalue weighted by Crippen LogP contribution is -2.43. The van der Waals surface area contributed by atoms with Crippen LogP contribution in [0.25, 0.3) is 22.2 Å². The molecule has 1 saturated carbocycles. The van der Waals surface area contributed by atoms with Crippen molar-refractivity contribution in [3.8, 4) is 11.3 Å². The van der Waals surface area contributed by atoms with Crippen molar-refractivity contribution in [2.45, 2.75) is 25.2 Å². The standard InChI is InChI=1S/C25H25F3N4O2/c26-17-3-1-14(2-4-17)22-21(19-9-18(27)10-20(28)23(19)32-22)16-7-13(8-16)11-30-25(34)31-12-15-5-6-29-24(15)33/h1-4,9-10,13,15-16,32H,5-8,11-12H2,(H,29,33)(H2,30,31,34)/t13-,15?,16-. The van der Waals surface area contributed by atoms with Crippen LogP contribution in [0.1, 0.15) is 30.7 Å². The monoisotopic (exact) mass is 470 g/mol. The number of halogens is 3. The Morgan fingerprint density at radius 1 is 1.00 bits per heavy atom. The van der Waals surface area contributed by atoms with E-state index < -0.39 is 11.6 Å². The molecule has 1 saturated heterocycles. The zero-order valence-electron chi connectivity index (χ0n) is 18.4. The number of aromatic amines is 1. The predicted molar refractivity (Wildman–Crippen MR) is 122 cm³/mol. The molecule has 3 amide bonds. The van der Waals surface area contributed by atoms with Crippen molar-refractivity contribution in [2.24, 2.45) is 11.8 Å². The molecular formula is C25H25F3N4O2. The Kier molecular flexibility index (Phi) is 5.93. The van der Waals surface area contributed by atoms with Crippen molar-refractivity contribution in [3.05, 3.63) is 59.4 Å². The van der Waals surface area contributed by atoms with Gasteiger partial charge in [-0.05, 0) is 72.6 Å². The van der Waals surface area contributed by atoms with Crippen molar-refractivity contribution in [2.75, 3.05) is 19.6 Å². The van der Waals surface area contributed by atoms with E-state index in [0.29, 0.717) is 42.7 Å². The third-order valence-electron chi connectivity index (χ3n) is 6.86. The highest BCUT2D eigenvalue weighted by atomic mass is 19.1. The summed E-state index contributed by atoms with van der Waals surface area (Å²) in [6.07, 6.45) is 2.20. The summed E-state index contributed by atoms with van der Waals surface area (Å²) in [4.78, 5) is 26.8. The number of hydrogen-bond acceptors (Lipinski definition) is 2. The van der Waals surface area contributed by atoms with Gasteiger partial charge in [-0.3, -0.25) is 4.79 Å². The van der Waals surface area contributed by atoms with E-state index in [0.717, 1.165) is 24.5 Å². The van der Waals surface area contributed by atoms with Crippen LogP contribution in [-0.2, 0) is 4.79 Å². The van der Waals surface area contributed by atoms with Gasteiger partial charge in [0, 0.05) is 31.1 Å². The third kappa shape index (κ3) is 4.34. The molecule has 5 rings (SSSR count). The number of benzene rings is 2. The van der Waals surface area contributed by atoms with Gasteiger partial charge < -0.3 is 20.9 Å². The number of carbonyl (C=O) groups excluding carboxylic acids is 2. The summed E-state index contributed by atoms with van der Waals surface area (Å²) >= 11 is 0. The van der Waals surface area contributed by atoms with Gasteiger partial charge in [0.05, 0.1) is 17.1 Å². The van der Waals surface area contributed by atoms with Crippen molar-refractivity contribution >= 4 is 22.8 Å². The van der Waals surface area contributed by atoms with Gasteiger partial charge in [0.25, 0.3) is 0 Å². The fraction of sp³-hybridized carbons (Fsp3) is 0.360. The molecule has 1 aromatic heterocycles. The fourth-order valence-corrected chi connectivity index (χ4v) is 5.00. The van der Waals surface area contributed by atoms with E-state index in [1.807, 2.05) is 0 Å². The van der Waals surface area contributed by atoms with Crippen LogP contribution >= 0.6 is 0 Å². The second kappa shape index (κ2) is 9.04. The highest BCUT2D eigenvalue weighted by molar-refractivity contribution is 5.92. The Labute approximate surface area is 194 Å². The average molecular weight is 470 g/mol. The van der Waals surface area contributed by atoms with E-state index in [1.54, 1.807) is 12.1 Å². The first-order chi connectivity index (χ1) is 16.4. The number of amides is 3. The molecule has 2 aliphatic rings. The van der Waals surface area contributed by atoms with Gasteiger partial charge in [0.2, 0.25) is 5.91 Å². The number of aromatic nitrogens is 1. The quantitative estimate of drug-likeness (QED) is 0.436. The zero-order valence-corrected chi connectivity index (χ0v) is 18.4. The van der Waals surface area contributed by atoms with Crippen LogP contribution in [0.2, 0.25) is 0 Å². The molecule has 178 valence electrons. The van der Waals surface area contributed by atoms with Crippen LogP contribution in [0.15, 0.2) is 36.4 Å². The Balaban J connectivity index is 1.27. The lowest BCUT2D eigenvalue weighted by molar-refractivity contribution is -0.122.